The van der Waals surface area contributed by atoms with E-state index in [1.54, 1.807) is 18.3 Å². The Morgan fingerprint density at radius 3 is 2.95 bits per heavy atom. The minimum atomic E-state index is -0.183. The number of nitrogens with two attached hydrogens (primary N) is 1. The van der Waals surface area contributed by atoms with Gasteiger partial charge in [0.05, 0.1) is 11.9 Å². The first-order valence-electron chi connectivity index (χ1n) is 5.46. The summed E-state index contributed by atoms with van der Waals surface area (Å²) in [4.78, 5) is 22.7. The Kier molecular flexibility index (Phi) is 3.69. The number of carbonyl (C=O) groups excluding carboxylic acids is 1. The van der Waals surface area contributed by atoms with E-state index < -0.39 is 0 Å². The van der Waals surface area contributed by atoms with Gasteiger partial charge in [0.25, 0.3) is 0 Å². The standard InChI is InChI=1S/C13H11N5O/c1-9(19)18-13-6-10(4-5-16-13)2-3-12-11(14)7-15-8-17-12/h4-8H,14H2,1H3,(H,16,18,19). The van der Waals surface area contributed by atoms with Crippen molar-refractivity contribution in [1.29, 1.82) is 0 Å². The van der Waals surface area contributed by atoms with Gasteiger partial charge in [-0.05, 0) is 18.1 Å². The molecular formula is C13H11N5O. The number of nitrogen functional groups attached to an aromatic ring is 1. The zero-order valence-corrected chi connectivity index (χ0v) is 10.2. The molecule has 0 radical (unpaired) electrons. The van der Waals surface area contributed by atoms with Crippen LogP contribution in [0.15, 0.2) is 30.9 Å². The van der Waals surface area contributed by atoms with Crippen LogP contribution in [-0.2, 0) is 4.79 Å². The normalized spacial score (nSPS) is 9.32. The average Bonchev–Trinajstić information content (AvgIpc) is 2.37. The van der Waals surface area contributed by atoms with E-state index in [1.807, 2.05) is 0 Å². The highest BCUT2D eigenvalue weighted by molar-refractivity contribution is 5.87. The van der Waals surface area contributed by atoms with Crippen molar-refractivity contribution in [2.45, 2.75) is 6.92 Å². The van der Waals surface area contributed by atoms with Gasteiger partial charge in [0.1, 0.15) is 17.8 Å². The molecule has 0 aromatic carbocycles. The van der Waals surface area contributed by atoms with Gasteiger partial charge in [-0.15, -0.1) is 0 Å². The van der Waals surface area contributed by atoms with Gasteiger partial charge in [0.15, 0.2) is 0 Å². The maximum atomic E-state index is 10.9. The molecule has 2 rings (SSSR count). The molecule has 0 unspecified atom stereocenters. The molecule has 0 fully saturated rings. The van der Waals surface area contributed by atoms with Crippen molar-refractivity contribution in [3.05, 3.63) is 42.1 Å². The Hall–Kier alpha value is -2.94. The van der Waals surface area contributed by atoms with E-state index in [0.29, 0.717) is 22.8 Å². The Balaban J connectivity index is 2.25. The van der Waals surface area contributed by atoms with E-state index in [2.05, 4.69) is 32.1 Å². The molecule has 0 aliphatic carbocycles. The average molecular weight is 253 g/mol. The molecule has 1 amide bonds. The number of anilines is 2. The molecule has 2 heterocycles. The van der Waals surface area contributed by atoms with E-state index in [9.17, 15) is 4.79 Å². The van der Waals surface area contributed by atoms with Crippen molar-refractivity contribution in [3.8, 4) is 11.8 Å². The van der Waals surface area contributed by atoms with Crippen LogP contribution in [0, 0.1) is 11.8 Å². The van der Waals surface area contributed by atoms with Crippen LogP contribution >= 0.6 is 0 Å². The fourth-order valence-corrected chi connectivity index (χ4v) is 1.33. The lowest BCUT2D eigenvalue weighted by molar-refractivity contribution is -0.114. The summed E-state index contributed by atoms with van der Waals surface area (Å²) in [6.45, 7) is 1.42. The summed E-state index contributed by atoms with van der Waals surface area (Å²) in [6, 6.07) is 3.40. The summed E-state index contributed by atoms with van der Waals surface area (Å²) >= 11 is 0. The van der Waals surface area contributed by atoms with Gasteiger partial charge in [-0.1, -0.05) is 5.92 Å². The van der Waals surface area contributed by atoms with Crippen molar-refractivity contribution in [2.75, 3.05) is 11.1 Å². The molecular weight excluding hydrogens is 242 g/mol. The number of hydrogen-bond donors (Lipinski definition) is 2. The molecule has 0 aliphatic rings. The zero-order valence-electron chi connectivity index (χ0n) is 10.2. The van der Waals surface area contributed by atoms with Crippen molar-refractivity contribution in [3.63, 3.8) is 0 Å². The van der Waals surface area contributed by atoms with Gasteiger partial charge in [-0.25, -0.2) is 15.0 Å². The lowest BCUT2D eigenvalue weighted by atomic mass is 10.2. The second-order valence-corrected chi connectivity index (χ2v) is 3.69. The van der Waals surface area contributed by atoms with Crippen molar-refractivity contribution in [2.24, 2.45) is 0 Å². The monoisotopic (exact) mass is 253 g/mol. The number of nitrogens with one attached hydrogen (secondary N) is 1. The van der Waals surface area contributed by atoms with Gasteiger partial charge in [-0.3, -0.25) is 4.79 Å². The van der Waals surface area contributed by atoms with Crippen LogP contribution in [-0.4, -0.2) is 20.9 Å². The van der Waals surface area contributed by atoms with E-state index in [0.717, 1.165) is 0 Å². The third-order valence-electron chi connectivity index (χ3n) is 2.13. The summed E-state index contributed by atoms with van der Waals surface area (Å²) in [7, 11) is 0. The molecule has 2 aromatic heterocycles. The topological polar surface area (TPSA) is 93.8 Å². The largest absolute Gasteiger partial charge is 0.395 e. The second kappa shape index (κ2) is 5.60. The smallest absolute Gasteiger partial charge is 0.222 e. The van der Waals surface area contributed by atoms with Crippen LogP contribution in [0.1, 0.15) is 18.2 Å². The van der Waals surface area contributed by atoms with Crippen LogP contribution in [0.3, 0.4) is 0 Å². The van der Waals surface area contributed by atoms with Crippen molar-refractivity contribution >= 4 is 17.4 Å². The highest BCUT2D eigenvalue weighted by Crippen LogP contribution is 2.07. The number of hydrogen-bond acceptors (Lipinski definition) is 5. The lowest BCUT2D eigenvalue weighted by Gasteiger charge is -2.00. The molecule has 94 valence electrons. The first kappa shape index (κ1) is 12.5. The van der Waals surface area contributed by atoms with Crippen molar-refractivity contribution < 1.29 is 4.79 Å². The summed E-state index contributed by atoms with van der Waals surface area (Å²) < 4.78 is 0. The summed E-state index contributed by atoms with van der Waals surface area (Å²) in [6.07, 6.45) is 4.45. The number of aromatic nitrogens is 3. The summed E-state index contributed by atoms with van der Waals surface area (Å²) in [5.74, 6) is 6.02. The Morgan fingerprint density at radius 1 is 1.37 bits per heavy atom. The molecule has 3 N–H and O–H groups in total. The fourth-order valence-electron chi connectivity index (χ4n) is 1.33. The van der Waals surface area contributed by atoms with Gasteiger partial charge in [0.2, 0.25) is 5.91 Å². The summed E-state index contributed by atoms with van der Waals surface area (Å²) in [5.41, 5.74) is 7.28. The molecule has 19 heavy (non-hydrogen) atoms. The lowest BCUT2D eigenvalue weighted by Crippen LogP contribution is -2.07. The van der Waals surface area contributed by atoms with E-state index in [-0.39, 0.29) is 5.91 Å². The Bertz CT molecular complexity index is 672. The molecule has 2 aromatic rings. The molecule has 0 saturated heterocycles. The molecule has 0 aliphatic heterocycles. The highest BCUT2D eigenvalue weighted by atomic mass is 16.1. The molecule has 0 bridgehead atoms. The number of carbonyl (C=O) groups is 1. The molecule has 0 atom stereocenters. The van der Waals surface area contributed by atoms with Crippen molar-refractivity contribution in [1.82, 2.24) is 15.0 Å². The van der Waals surface area contributed by atoms with Crippen LogP contribution < -0.4 is 11.1 Å². The third-order valence-corrected chi connectivity index (χ3v) is 2.13. The number of nitrogens with zero attached hydrogens (tertiary/aromatic N) is 3. The molecule has 6 heteroatoms. The predicted octanol–water partition coefficient (Wildman–Crippen LogP) is 0.812. The van der Waals surface area contributed by atoms with Gasteiger partial charge >= 0.3 is 0 Å². The predicted molar refractivity (Wildman–Crippen MR) is 71.0 cm³/mol. The van der Waals surface area contributed by atoms with E-state index in [1.165, 1.54) is 19.4 Å². The van der Waals surface area contributed by atoms with E-state index >= 15 is 0 Å². The molecule has 0 spiro atoms. The number of pyridine rings is 1. The molecule has 6 nitrogen and oxygen atoms in total. The zero-order chi connectivity index (χ0) is 13.7. The number of rotatable bonds is 1. The van der Waals surface area contributed by atoms with E-state index in [4.69, 9.17) is 5.73 Å². The SMILES string of the molecule is CC(=O)Nc1cc(C#Cc2ncncc2N)ccn1. The third kappa shape index (κ3) is 3.51. The van der Waals surface area contributed by atoms with Crippen LogP contribution in [0.5, 0.6) is 0 Å². The highest BCUT2D eigenvalue weighted by Gasteiger charge is 1.98. The quantitative estimate of drug-likeness (QED) is 0.733. The van der Waals surface area contributed by atoms with Gasteiger partial charge < -0.3 is 11.1 Å². The minimum Gasteiger partial charge on any atom is -0.395 e. The first-order valence-corrected chi connectivity index (χ1v) is 5.46. The fraction of sp³-hybridized carbons (Fsp3) is 0.0769. The molecule has 0 saturated carbocycles. The summed E-state index contributed by atoms with van der Waals surface area (Å²) in [5, 5.41) is 2.59. The minimum absolute atomic E-state index is 0.183. The van der Waals surface area contributed by atoms with Crippen LogP contribution in [0.4, 0.5) is 11.5 Å². The Labute approximate surface area is 110 Å². The van der Waals surface area contributed by atoms with Crippen LogP contribution in [0.25, 0.3) is 0 Å². The van der Waals surface area contributed by atoms with Gasteiger partial charge in [0, 0.05) is 18.7 Å². The van der Waals surface area contributed by atoms with Crippen LogP contribution in [0.2, 0.25) is 0 Å². The second-order valence-electron chi connectivity index (χ2n) is 3.69. The maximum Gasteiger partial charge on any atom is 0.222 e. The maximum absolute atomic E-state index is 10.9. The van der Waals surface area contributed by atoms with Gasteiger partial charge in [-0.2, -0.15) is 0 Å². The Morgan fingerprint density at radius 2 is 2.21 bits per heavy atom. The number of amides is 1. The first-order chi connectivity index (χ1) is 9.15.